The molecule has 2 aromatic carbocycles. The van der Waals surface area contributed by atoms with Gasteiger partial charge in [-0.3, -0.25) is 4.79 Å². The Morgan fingerprint density at radius 2 is 1.59 bits per heavy atom. The maximum atomic E-state index is 13.3. The summed E-state index contributed by atoms with van der Waals surface area (Å²) in [6.45, 7) is 3.68. The Kier molecular flexibility index (Phi) is 5.74. The van der Waals surface area contributed by atoms with Crippen LogP contribution in [0.3, 0.4) is 0 Å². The number of hydrogen-bond acceptors (Lipinski definition) is 2. The number of amides is 3. The second kappa shape index (κ2) is 8.20. The monoisotopic (exact) mass is 369 g/mol. The molecule has 2 aromatic rings. The molecule has 0 aliphatic heterocycles. The van der Waals surface area contributed by atoms with E-state index in [0.29, 0.717) is 5.56 Å². The van der Waals surface area contributed by atoms with Crippen LogP contribution in [0.1, 0.15) is 49.9 Å². The van der Waals surface area contributed by atoms with E-state index in [1.54, 1.807) is 19.1 Å². The highest BCUT2D eigenvalue weighted by atomic mass is 19.1. The largest absolute Gasteiger partial charge is 0.332 e. The molecular weight excluding hydrogens is 345 g/mol. The predicted octanol–water partition coefficient (Wildman–Crippen LogP) is 4.30. The molecule has 5 nitrogen and oxygen atoms in total. The van der Waals surface area contributed by atoms with Gasteiger partial charge in [0.15, 0.2) is 0 Å². The number of rotatable bonds is 6. The topological polar surface area (TPSA) is 70.2 Å². The van der Waals surface area contributed by atoms with Crippen LogP contribution >= 0.6 is 0 Å². The van der Waals surface area contributed by atoms with Crippen molar-refractivity contribution in [1.29, 1.82) is 0 Å². The molecule has 1 saturated carbocycles. The van der Waals surface area contributed by atoms with E-state index in [0.717, 1.165) is 24.1 Å². The van der Waals surface area contributed by atoms with Crippen molar-refractivity contribution in [1.82, 2.24) is 10.6 Å². The Bertz CT molecular complexity index is 818. The molecule has 0 radical (unpaired) electrons. The SMILES string of the molecule is C[C@H](NC(=O)N[C@H](C)c1ccc(NC(=O)C2CC2)cc1)c1cccc(F)c1. The number of halogens is 1. The normalized spacial score (nSPS) is 15.5. The molecule has 2 atom stereocenters. The van der Waals surface area contributed by atoms with Crippen molar-refractivity contribution in [2.45, 2.75) is 38.8 Å². The van der Waals surface area contributed by atoms with Gasteiger partial charge in [0, 0.05) is 11.6 Å². The average molecular weight is 369 g/mol. The molecule has 1 aliphatic rings. The van der Waals surface area contributed by atoms with Crippen molar-refractivity contribution in [3.8, 4) is 0 Å². The predicted molar refractivity (Wildman–Crippen MR) is 103 cm³/mol. The van der Waals surface area contributed by atoms with Gasteiger partial charge in [-0.1, -0.05) is 24.3 Å². The van der Waals surface area contributed by atoms with Crippen LogP contribution in [0, 0.1) is 11.7 Å². The lowest BCUT2D eigenvalue weighted by atomic mass is 10.1. The van der Waals surface area contributed by atoms with Crippen LogP contribution < -0.4 is 16.0 Å². The fraction of sp³-hybridized carbons (Fsp3) is 0.333. The summed E-state index contributed by atoms with van der Waals surface area (Å²) >= 11 is 0. The lowest BCUT2D eigenvalue weighted by molar-refractivity contribution is -0.117. The molecule has 142 valence electrons. The van der Waals surface area contributed by atoms with Crippen molar-refractivity contribution in [3.05, 3.63) is 65.5 Å². The summed E-state index contributed by atoms with van der Waals surface area (Å²) in [5, 5.41) is 8.57. The number of carbonyl (C=O) groups is 2. The Balaban J connectivity index is 1.52. The van der Waals surface area contributed by atoms with Crippen LogP contribution in [0.5, 0.6) is 0 Å². The molecule has 3 rings (SSSR count). The summed E-state index contributed by atoms with van der Waals surface area (Å²) in [5.74, 6) is -0.0996. The van der Waals surface area contributed by atoms with Crippen LogP contribution in [0.15, 0.2) is 48.5 Å². The Labute approximate surface area is 158 Å². The first kappa shape index (κ1) is 18.9. The molecule has 3 N–H and O–H groups in total. The summed E-state index contributed by atoms with van der Waals surface area (Å²) in [6, 6.07) is 12.7. The van der Waals surface area contributed by atoms with Crippen LogP contribution in [0.2, 0.25) is 0 Å². The molecule has 0 aromatic heterocycles. The third-order valence-electron chi connectivity index (χ3n) is 4.67. The zero-order valence-electron chi connectivity index (χ0n) is 15.5. The van der Waals surface area contributed by atoms with Crippen molar-refractivity contribution in [2.75, 3.05) is 5.32 Å². The minimum atomic E-state index is -0.330. The van der Waals surface area contributed by atoms with Gasteiger partial charge in [-0.05, 0) is 62.1 Å². The van der Waals surface area contributed by atoms with Gasteiger partial charge >= 0.3 is 6.03 Å². The Morgan fingerprint density at radius 3 is 2.19 bits per heavy atom. The van der Waals surface area contributed by atoms with Gasteiger partial charge in [-0.2, -0.15) is 0 Å². The van der Waals surface area contributed by atoms with Crippen molar-refractivity contribution >= 4 is 17.6 Å². The molecule has 1 fully saturated rings. The lowest BCUT2D eigenvalue weighted by Gasteiger charge is -2.19. The fourth-order valence-corrected chi connectivity index (χ4v) is 2.82. The molecule has 3 amide bonds. The molecule has 6 heteroatoms. The number of hydrogen-bond donors (Lipinski definition) is 3. The Morgan fingerprint density at radius 1 is 0.963 bits per heavy atom. The highest BCUT2D eigenvalue weighted by Gasteiger charge is 2.29. The number of benzene rings is 2. The highest BCUT2D eigenvalue weighted by molar-refractivity contribution is 5.94. The second-order valence-electron chi connectivity index (χ2n) is 7.00. The van der Waals surface area contributed by atoms with Crippen LogP contribution in [-0.4, -0.2) is 11.9 Å². The van der Waals surface area contributed by atoms with Gasteiger partial charge in [-0.25, -0.2) is 9.18 Å². The van der Waals surface area contributed by atoms with E-state index in [4.69, 9.17) is 0 Å². The van der Waals surface area contributed by atoms with E-state index in [-0.39, 0.29) is 35.8 Å². The third-order valence-corrected chi connectivity index (χ3v) is 4.67. The number of carbonyl (C=O) groups excluding carboxylic acids is 2. The fourth-order valence-electron chi connectivity index (χ4n) is 2.82. The van der Waals surface area contributed by atoms with E-state index in [1.807, 2.05) is 31.2 Å². The van der Waals surface area contributed by atoms with Gasteiger partial charge in [0.1, 0.15) is 5.82 Å². The second-order valence-corrected chi connectivity index (χ2v) is 7.00. The average Bonchev–Trinajstić information content (AvgIpc) is 3.47. The van der Waals surface area contributed by atoms with E-state index in [9.17, 15) is 14.0 Å². The molecular formula is C21H24FN3O2. The van der Waals surface area contributed by atoms with Crippen LogP contribution in [0.25, 0.3) is 0 Å². The highest BCUT2D eigenvalue weighted by Crippen LogP contribution is 2.30. The van der Waals surface area contributed by atoms with Crippen molar-refractivity contribution in [2.24, 2.45) is 5.92 Å². The summed E-state index contributed by atoms with van der Waals surface area (Å²) in [5.41, 5.74) is 2.38. The minimum absolute atomic E-state index is 0.0691. The molecule has 0 spiro atoms. The standard InChI is InChI=1S/C21H24FN3O2/c1-13(15-8-10-19(11-9-15)25-20(26)16-6-7-16)23-21(27)24-14(2)17-4-3-5-18(22)12-17/h3-5,8-14,16H,6-7H2,1-2H3,(H,25,26)(H2,23,24,27)/t13-,14+/m1/s1. The first-order valence-electron chi connectivity index (χ1n) is 9.15. The van der Waals surface area contributed by atoms with Crippen LogP contribution in [-0.2, 0) is 4.79 Å². The molecule has 1 aliphatic carbocycles. The molecule has 27 heavy (non-hydrogen) atoms. The summed E-state index contributed by atoms with van der Waals surface area (Å²) < 4.78 is 13.3. The minimum Gasteiger partial charge on any atom is -0.332 e. The maximum absolute atomic E-state index is 13.3. The first-order chi connectivity index (χ1) is 12.9. The van der Waals surface area contributed by atoms with E-state index >= 15 is 0 Å². The van der Waals surface area contributed by atoms with Crippen molar-refractivity contribution < 1.29 is 14.0 Å². The lowest BCUT2D eigenvalue weighted by Crippen LogP contribution is -2.38. The smallest absolute Gasteiger partial charge is 0.315 e. The molecule has 0 heterocycles. The molecule has 0 unspecified atom stereocenters. The van der Waals surface area contributed by atoms with Gasteiger partial charge in [0.2, 0.25) is 5.91 Å². The van der Waals surface area contributed by atoms with Gasteiger partial charge < -0.3 is 16.0 Å². The summed E-state index contributed by atoms with van der Waals surface area (Å²) in [6.07, 6.45) is 1.93. The summed E-state index contributed by atoms with van der Waals surface area (Å²) in [7, 11) is 0. The zero-order valence-corrected chi connectivity index (χ0v) is 15.5. The molecule has 0 bridgehead atoms. The first-order valence-corrected chi connectivity index (χ1v) is 9.15. The summed E-state index contributed by atoms with van der Waals surface area (Å²) in [4.78, 5) is 24.0. The maximum Gasteiger partial charge on any atom is 0.315 e. The van der Waals surface area contributed by atoms with Crippen molar-refractivity contribution in [3.63, 3.8) is 0 Å². The third kappa shape index (κ3) is 5.29. The molecule has 0 saturated heterocycles. The zero-order chi connectivity index (χ0) is 19.4. The quantitative estimate of drug-likeness (QED) is 0.711. The van der Waals surface area contributed by atoms with Gasteiger partial charge in [-0.15, -0.1) is 0 Å². The number of urea groups is 1. The van der Waals surface area contributed by atoms with Gasteiger partial charge in [0.05, 0.1) is 12.1 Å². The number of anilines is 1. The van der Waals surface area contributed by atoms with E-state index < -0.39 is 0 Å². The van der Waals surface area contributed by atoms with Crippen LogP contribution in [0.4, 0.5) is 14.9 Å². The van der Waals surface area contributed by atoms with Gasteiger partial charge in [0.25, 0.3) is 0 Å². The number of nitrogens with one attached hydrogen (secondary N) is 3. The Hall–Kier alpha value is -2.89. The van der Waals surface area contributed by atoms with E-state index in [2.05, 4.69) is 16.0 Å². The van der Waals surface area contributed by atoms with E-state index in [1.165, 1.54) is 12.1 Å².